The average molecular weight is 390 g/mol. The van der Waals surface area contributed by atoms with E-state index in [9.17, 15) is 14.0 Å². The summed E-state index contributed by atoms with van der Waals surface area (Å²) in [4.78, 5) is 31.4. The minimum atomic E-state index is -0.269. The maximum absolute atomic E-state index is 13.2. The largest absolute Gasteiger partial charge is 0.339 e. The van der Waals surface area contributed by atoms with Crippen LogP contribution in [0.5, 0.6) is 0 Å². The van der Waals surface area contributed by atoms with E-state index >= 15 is 0 Å². The Bertz CT molecular complexity index is 708. The first-order chi connectivity index (χ1) is 13.2. The Morgan fingerprint density at radius 3 is 2.36 bits per heavy atom. The Hall–Kier alpha value is -1.95. The van der Waals surface area contributed by atoms with Crippen molar-refractivity contribution in [1.82, 2.24) is 14.7 Å². The van der Waals surface area contributed by atoms with Crippen molar-refractivity contribution in [1.29, 1.82) is 0 Å². The smallest absolute Gasteiger partial charge is 0.227 e. The van der Waals surface area contributed by atoms with Crippen LogP contribution in [0.4, 0.5) is 4.39 Å². The molecule has 1 aromatic rings. The molecule has 0 aliphatic carbocycles. The normalized spacial score (nSPS) is 21.2. The van der Waals surface area contributed by atoms with Crippen LogP contribution in [0.2, 0.25) is 0 Å². The molecule has 2 fully saturated rings. The van der Waals surface area contributed by atoms with E-state index in [1.165, 1.54) is 12.1 Å². The van der Waals surface area contributed by atoms with Gasteiger partial charge in [-0.25, -0.2) is 4.39 Å². The number of hydrogen-bond donors (Lipinski definition) is 0. The van der Waals surface area contributed by atoms with Crippen molar-refractivity contribution in [3.63, 3.8) is 0 Å². The second-order valence-electron chi connectivity index (χ2n) is 8.94. The number of nitrogens with zero attached hydrogens (tertiary/aromatic N) is 3. The van der Waals surface area contributed by atoms with Crippen LogP contribution in [0.1, 0.15) is 39.2 Å². The van der Waals surface area contributed by atoms with Crippen LogP contribution in [-0.4, -0.2) is 71.3 Å². The Balaban J connectivity index is 1.44. The van der Waals surface area contributed by atoms with Gasteiger partial charge in [0.15, 0.2) is 0 Å². The summed E-state index contributed by atoms with van der Waals surface area (Å²) < 4.78 is 13.2. The second kappa shape index (κ2) is 8.60. The second-order valence-corrected chi connectivity index (χ2v) is 8.94. The minimum absolute atomic E-state index is 0.0782. The zero-order chi connectivity index (χ0) is 20.3. The number of rotatable bonds is 4. The number of aryl methyl sites for hydroxylation is 1. The number of likely N-dealkylation sites (tertiary alicyclic amines) is 1. The predicted octanol–water partition coefficient (Wildman–Crippen LogP) is 2.55. The van der Waals surface area contributed by atoms with Crippen molar-refractivity contribution < 1.29 is 14.0 Å². The van der Waals surface area contributed by atoms with E-state index in [-0.39, 0.29) is 29.1 Å². The van der Waals surface area contributed by atoms with Gasteiger partial charge in [0.05, 0.1) is 5.92 Å². The van der Waals surface area contributed by atoms with Crippen molar-refractivity contribution >= 4 is 11.8 Å². The molecule has 1 atom stereocenters. The summed E-state index contributed by atoms with van der Waals surface area (Å²) in [5.74, 6) is 0.123. The number of amides is 2. The highest BCUT2D eigenvalue weighted by Crippen LogP contribution is 2.26. The monoisotopic (exact) mass is 389 g/mol. The molecule has 5 nitrogen and oxygen atoms in total. The molecule has 2 amide bonds. The molecule has 3 rings (SSSR count). The van der Waals surface area contributed by atoms with Crippen LogP contribution in [0.25, 0.3) is 0 Å². The van der Waals surface area contributed by atoms with E-state index in [0.29, 0.717) is 39.0 Å². The van der Waals surface area contributed by atoms with Gasteiger partial charge in [0.1, 0.15) is 5.82 Å². The Labute approximate surface area is 167 Å². The number of hydrogen-bond acceptors (Lipinski definition) is 3. The van der Waals surface area contributed by atoms with Crippen molar-refractivity contribution in [3.05, 3.63) is 35.6 Å². The molecule has 2 aliphatic rings. The first kappa shape index (κ1) is 20.8. The van der Waals surface area contributed by atoms with Gasteiger partial charge in [0, 0.05) is 44.7 Å². The van der Waals surface area contributed by atoms with Crippen molar-refractivity contribution in [2.45, 2.75) is 45.6 Å². The molecule has 0 radical (unpaired) electrons. The molecule has 2 aliphatic heterocycles. The molecule has 154 valence electrons. The summed E-state index contributed by atoms with van der Waals surface area (Å²) >= 11 is 0. The van der Waals surface area contributed by atoms with E-state index in [1.807, 2.05) is 15.9 Å². The summed E-state index contributed by atoms with van der Waals surface area (Å²) in [5, 5.41) is 0. The Morgan fingerprint density at radius 2 is 1.75 bits per heavy atom. The van der Waals surface area contributed by atoms with Crippen LogP contribution in [0.15, 0.2) is 24.3 Å². The van der Waals surface area contributed by atoms with Crippen molar-refractivity contribution in [2.24, 2.45) is 5.92 Å². The van der Waals surface area contributed by atoms with E-state index in [2.05, 4.69) is 25.7 Å². The van der Waals surface area contributed by atoms with Gasteiger partial charge in [-0.3, -0.25) is 14.5 Å². The third-order valence-electron chi connectivity index (χ3n) is 5.95. The van der Waals surface area contributed by atoms with Crippen LogP contribution in [-0.2, 0) is 16.0 Å². The Kier molecular flexibility index (Phi) is 6.38. The first-order valence-electron chi connectivity index (χ1n) is 10.3. The molecule has 0 spiro atoms. The molecule has 6 heteroatoms. The van der Waals surface area contributed by atoms with Crippen molar-refractivity contribution in [3.8, 4) is 0 Å². The maximum atomic E-state index is 13.2. The average Bonchev–Trinajstić information content (AvgIpc) is 3.16. The third-order valence-corrected chi connectivity index (χ3v) is 5.95. The van der Waals surface area contributed by atoms with Crippen LogP contribution in [0, 0.1) is 11.7 Å². The minimum Gasteiger partial charge on any atom is -0.339 e. The van der Waals surface area contributed by atoms with Gasteiger partial charge in [0.25, 0.3) is 0 Å². The molecule has 0 N–H and O–H groups in total. The van der Waals surface area contributed by atoms with Crippen LogP contribution >= 0.6 is 0 Å². The van der Waals surface area contributed by atoms with E-state index < -0.39 is 0 Å². The highest BCUT2D eigenvalue weighted by molar-refractivity contribution is 5.80. The molecular weight excluding hydrogens is 357 g/mol. The lowest BCUT2D eigenvalue weighted by molar-refractivity contribution is -0.142. The summed E-state index contributed by atoms with van der Waals surface area (Å²) in [5.41, 5.74) is 0.939. The number of carbonyl (C=O) groups is 2. The van der Waals surface area contributed by atoms with E-state index in [4.69, 9.17) is 0 Å². The Morgan fingerprint density at radius 1 is 1.07 bits per heavy atom. The quantitative estimate of drug-likeness (QED) is 0.795. The summed E-state index contributed by atoms with van der Waals surface area (Å²) in [6, 6.07) is 6.40. The fraction of sp³-hybridized carbons (Fsp3) is 0.636. The molecule has 2 saturated heterocycles. The zero-order valence-electron chi connectivity index (χ0n) is 17.3. The number of carbonyl (C=O) groups excluding carboxylic acids is 2. The lowest BCUT2D eigenvalue weighted by Gasteiger charge is -2.36. The van der Waals surface area contributed by atoms with Crippen LogP contribution in [0.3, 0.4) is 0 Å². The third kappa shape index (κ3) is 5.10. The molecular formula is C22H32FN3O2. The van der Waals surface area contributed by atoms with E-state index in [1.54, 1.807) is 6.07 Å². The molecule has 28 heavy (non-hydrogen) atoms. The van der Waals surface area contributed by atoms with Gasteiger partial charge >= 0.3 is 0 Å². The lowest BCUT2D eigenvalue weighted by atomic mass is 10.1. The molecule has 1 unspecified atom stereocenters. The molecule has 0 bridgehead atoms. The van der Waals surface area contributed by atoms with Gasteiger partial charge in [0.2, 0.25) is 11.8 Å². The molecule has 1 aromatic carbocycles. The lowest BCUT2D eigenvalue weighted by Crippen LogP contribution is -2.52. The number of halogens is 1. The SMILES string of the molecule is CC(C)(C)N1CCC(C(=O)N2CCN(C(=O)CCc3cccc(F)c3)CC2)C1. The van der Waals surface area contributed by atoms with Gasteiger partial charge in [-0.05, 0) is 57.9 Å². The zero-order valence-corrected chi connectivity index (χ0v) is 17.3. The predicted molar refractivity (Wildman–Crippen MR) is 107 cm³/mol. The highest BCUT2D eigenvalue weighted by Gasteiger charge is 2.36. The maximum Gasteiger partial charge on any atom is 0.227 e. The summed E-state index contributed by atoms with van der Waals surface area (Å²) in [6.07, 6.45) is 1.84. The first-order valence-corrected chi connectivity index (χ1v) is 10.3. The van der Waals surface area contributed by atoms with Gasteiger partial charge in [-0.2, -0.15) is 0 Å². The topological polar surface area (TPSA) is 43.9 Å². The molecule has 0 saturated carbocycles. The fourth-order valence-electron chi connectivity index (χ4n) is 4.11. The summed E-state index contributed by atoms with van der Waals surface area (Å²) in [6.45, 7) is 10.8. The number of piperazine rings is 1. The van der Waals surface area contributed by atoms with Crippen molar-refractivity contribution in [2.75, 3.05) is 39.3 Å². The van der Waals surface area contributed by atoms with Gasteiger partial charge in [-0.1, -0.05) is 12.1 Å². The molecule has 2 heterocycles. The fourth-order valence-corrected chi connectivity index (χ4v) is 4.11. The van der Waals surface area contributed by atoms with Gasteiger partial charge in [-0.15, -0.1) is 0 Å². The highest BCUT2D eigenvalue weighted by atomic mass is 19.1. The van der Waals surface area contributed by atoms with Crippen LogP contribution < -0.4 is 0 Å². The van der Waals surface area contributed by atoms with Gasteiger partial charge < -0.3 is 9.80 Å². The molecule has 0 aromatic heterocycles. The van der Waals surface area contributed by atoms with E-state index in [0.717, 1.165) is 25.1 Å². The standard InChI is InChI=1S/C22H32FN3O2/c1-22(2,3)26-10-9-18(16-26)21(28)25-13-11-24(12-14-25)20(27)8-7-17-5-4-6-19(23)15-17/h4-6,15,18H,7-14,16H2,1-3H3. The number of benzene rings is 1. The summed E-state index contributed by atoms with van der Waals surface area (Å²) in [7, 11) is 0.